The lowest BCUT2D eigenvalue weighted by molar-refractivity contribution is -0.143. The van der Waals surface area contributed by atoms with E-state index in [1.165, 1.54) is 80.9 Å². The molecule has 1 aliphatic carbocycles. The number of carboxylic acid groups (broad SMARTS) is 2. The number of carboxylic acids is 2. The van der Waals surface area contributed by atoms with Crippen molar-refractivity contribution in [2.75, 3.05) is 26.2 Å². The van der Waals surface area contributed by atoms with Gasteiger partial charge in [-0.2, -0.15) is 0 Å². The molecule has 0 aromatic heterocycles. The summed E-state index contributed by atoms with van der Waals surface area (Å²) < 4.78 is 0. The van der Waals surface area contributed by atoms with Gasteiger partial charge in [0.25, 0.3) is 5.91 Å². The molecule has 5 amide bonds. The number of allylic oxidation sites excluding steroid dienone is 1. The summed E-state index contributed by atoms with van der Waals surface area (Å²) in [6, 6.07) is 12.8. The van der Waals surface area contributed by atoms with Crippen molar-refractivity contribution in [2.24, 2.45) is 5.92 Å². The summed E-state index contributed by atoms with van der Waals surface area (Å²) in [6.07, 6.45) is 13.6. The van der Waals surface area contributed by atoms with E-state index in [0.717, 1.165) is 28.5 Å². The topological polar surface area (TPSA) is 252 Å². The van der Waals surface area contributed by atoms with Crippen LogP contribution in [0.5, 0.6) is 5.75 Å². The highest BCUT2D eigenvalue weighted by atomic mass is 16.4. The highest BCUT2D eigenvalue weighted by Crippen LogP contribution is 2.37. The van der Waals surface area contributed by atoms with E-state index in [0.29, 0.717) is 11.1 Å². The molecule has 1 heterocycles. The zero-order valence-electron chi connectivity index (χ0n) is 37.7. The molecule has 5 rings (SSSR count). The number of rotatable bonds is 21. The van der Waals surface area contributed by atoms with Gasteiger partial charge in [-0.15, -0.1) is 0 Å². The molecule has 66 heavy (non-hydrogen) atoms. The molecule has 0 saturated carbocycles. The van der Waals surface area contributed by atoms with Crippen LogP contribution in [0.2, 0.25) is 0 Å². The van der Waals surface area contributed by atoms with E-state index in [-0.39, 0.29) is 48.7 Å². The molecule has 0 radical (unpaired) electrons. The number of carbonyl (C=O) groups excluding carboxylic acids is 5. The lowest BCUT2D eigenvalue weighted by Crippen LogP contribution is -2.51. The van der Waals surface area contributed by atoms with Crippen LogP contribution in [-0.2, 0) is 35.2 Å². The van der Waals surface area contributed by atoms with E-state index in [1.54, 1.807) is 25.1 Å². The van der Waals surface area contributed by atoms with E-state index >= 15 is 0 Å². The molecule has 0 spiro atoms. The Kier molecular flexibility index (Phi) is 18.8. The number of hydrogen-bond donors (Lipinski definition) is 8. The fraction of sp³-hybridized carbons (Fsp3) is 0.460. The Labute approximate surface area is 384 Å². The number of carbonyl (C=O) groups is 7. The monoisotopic (exact) mass is 909 g/mol. The van der Waals surface area contributed by atoms with Crippen LogP contribution in [0.3, 0.4) is 0 Å². The Morgan fingerprint density at radius 1 is 0.879 bits per heavy atom. The SMILES string of the molecule is CCCCCCCCCCc1ccc2cc(C(=O)NCCC(=O)NCC(=O)N(CC(C)CC(=O)O)[C@@H]3C(=O)NCC(=O)N[C@H](C(=O)O)CC4=CC(c5cc3ccc5O)C(O)C=C4)ccc2c1. The van der Waals surface area contributed by atoms with Crippen molar-refractivity contribution >= 4 is 52.2 Å². The first-order chi connectivity index (χ1) is 31.6. The Morgan fingerprint density at radius 2 is 1.59 bits per heavy atom. The summed E-state index contributed by atoms with van der Waals surface area (Å²) in [4.78, 5) is 92.3. The van der Waals surface area contributed by atoms with Crippen molar-refractivity contribution in [1.82, 2.24) is 26.2 Å². The molecule has 16 nitrogen and oxygen atoms in total. The quantitative estimate of drug-likeness (QED) is 0.0647. The van der Waals surface area contributed by atoms with Gasteiger partial charge >= 0.3 is 11.9 Å². The fourth-order valence-corrected chi connectivity index (χ4v) is 8.42. The molecular formula is C50H63N5O11. The van der Waals surface area contributed by atoms with E-state index < -0.39 is 85.1 Å². The van der Waals surface area contributed by atoms with Gasteiger partial charge in [0, 0.05) is 49.4 Å². The van der Waals surface area contributed by atoms with E-state index in [9.17, 15) is 54.0 Å². The third-order valence-electron chi connectivity index (χ3n) is 12.0. The second-order valence-corrected chi connectivity index (χ2v) is 17.4. The van der Waals surface area contributed by atoms with Crippen LogP contribution in [0.4, 0.5) is 0 Å². The summed E-state index contributed by atoms with van der Waals surface area (Å²) in [6.45, 7) is 2.10. The maximum absolute atomic E-state index is 14.1. The summed E-state index contributed by atoms with van der Waals surface area (Å²) >= 11 is 0. The number of nitrogens with one attached hydrogen (secondary N) is 4. The average Bonchev–Trinajstić information content (AvgIpc) is 3.28. The summed E-state index contributed by atoms with van der Waals surface area (Å²) in [7, 11) is 0. The number of aromatic hydroxyl groups is 1. The van der Waals surface area contributed by atoms with Crippen LogP contribution in [0, 0.1) is 5.92 Å². The van der Waals surface area contributed by atoms with Crippen molar-refractivity contribution in [3.8, 4) is 5.75 Å². The van der Waals surface area contributed by atoms with Crippen LogP contribution in [-0.4, -0.2) is 105 Å². The van der Waals surface area contributed by atoms with E-state index in [2.05, 4.69) is 40.3 Å². The number of fused-ring (bicyclic) bond motifs is 5. The number of phenolic OH excluding ortho intramolecular Hbond substituents is 1. The van der Waals surface area contributed by atoms with E-state index in [4.69, 9.17) is 0 Å². The van der Waals surface area contributed by atoms with Gasteiger partial charge in [-0.25, -0.2) is 4.79 Å². The third-order valence-corrected chi connectivity index (χ3v) is 12.0. The fourth-order valence-electron chi connectivity index (χ4n) is 8.42. The molecule has 3 unspecified atom stereocenters. The zero-order valence-corrected chi connectivity index (χ0v) is 37.7. The van der Waals surface area contributed by atoms with Gasteiger partial charge in [-0.3, -0.25) is 28.8 Å². The molecule has 2 aliphatic rings. The van der Waals surface area contributed by atoms with Gasteiger partial charge in [-0.1, -0.05) is 107 Å². The Bertz CT molecular complexity index is 2310. The smallest absolute Gasteiger partial charge is 0.326 e. The third kappa shape index (κ3) is 14.7. The van der Waals surface area contributed by atoms with Crippen molar-refractivity contribution in [3.05, 3.63) is 101 Å². The number of amides is 5. The Balaban J connectivity index is 1.25. The van der Waals surface area contributed by atoms with Crippen LogP contribution in [0.1, 0.15) is 123 Å². The molecule has 1 aliphatic heterocycles. The maximum atomic E-state index is 14.1. The van der Waals surface area contributed by atoms with Gasteiger partial charge in [-0.05, 0) is 70.5 Å². The highest BCUT2D eigenvalue weighted by Gasteiger charge is 2.35. The average molecular weight is 910 g/mol. The van der Waals surface area contributed by atoms with Crippen LogP contribution < -0.4 is 21.3 Å². The van der Waals surface area contributed by atoms with Gasteiger partial charge in [0.05, 0.1) is 19.2 Å². The van der Waals surface area contributed by atoms with Gasteiger partial charge in [0.15, 0.2) is 0 Å². The number of aliphatic carboxylic acids is 2. The molecule has 354 valence electrons. The van der Waals surface area contributed by atoms with Gasteiger partial charge in [0.1, 0.15) is 17.8 Å². The van der Waals surface area contributed by atoms with Crippen molar-refractivity contribution in [1.29, 1.82) is 0 Å². The number of benzene rings is 3. The van der Waals surface area contributed by atoms with Crippen molar-refractivity contribution in [3.63, 3.8) is 0 Å². The molecule has 3 aromatic carbocycles. The number of hydrogen-bond acceptors (Lipinski definition) is 9. The summed E-state index contributed by atoms with van der Waals surface area (Å²) in [5, 5.41) is 53.4. The lowest BCUT2D eigenvalue weighted by atomic mass is 9.84. The molecule has 0 saturated heterocycles. The molecule has 0 fully saturated rings. The first-order valence-electron chi connectivity index (χ1n) is 22.9. The van der Waals surface area contributed by atoms with Crippen LogP contribution in [0.15, 0.2) is 78.4 Å². The predicted molar refractivity (Wildman–Crippen MR) is 247 cm³/mol. The minimum absolute atomic E-state index is 0.0573. The van der Waals surface area contributed by atoms with Gasteiger partial charge < -0.3 is 46.6 Å². The van der Waals surface area contributed by atoms with Crippen LogP contribution >= 0.6 is 0 Å². The predicted octanol–water partition coefficient (Wildman–Crippen LogP) is 5.18. The minimum atomic E-state index is -1.56. The molecule has 8 N–H and O–H groups in total. The Morgan fingerprint density at radius 3 is 2.32 bits per heavy atom. The first kappa shape index (κ1) is 50.4. The summed E-state index contributed by atoms with van der Waals surface area (Å²) in [5.74, 6) is -7.95. The largest absolute Gasteiger partial charge is 0.508 e. The number of nitrogens with zero attached hydrogens (tertiary/aromatic N) is 1. The van der Waals surface area contributed by atoms with E-state index in [1.807, 2.05) is 12.1 Å². The normalized spacial score (nSPS) is 18.8. The molecule has 16 heteroatoms. The molecule has 5 atom stereocenters. The second kappa shape index (κ2) is 24.7. The highest BCUT2D eigenvalue weighted by molar-refractivity contribution is 5.99. The number of aliphatic hydroxyl groups excluding tert-OH is 1. The number of aliphatic hydroxyl groups is 1. The second-order valence-electron chi connectivity index (χ2n) is 17.4. The molecular weight excluding hydrogens is 847 g/mol. The molecule has 3 aromatic rings. The number of phenols is 1. The zero-order chi connectivity index (χ0) is 47.8. The number of unbranched alkanes of at least 4 members (excludes halogenated alkanes) is 7. The lowest BCUT2D eigenvalue weighted by Gasteiger charge is -2.34. The van der Waals surface area contributed by atoms with Crippen LogP contribution in [0.25, 0.3) is 10.8 Å². The standard InChI is InChI=1S/C50H63N5O11/c1-3-4-5-6-7-8-9-10-11-32-12-14-35-26-37(16-15-34(35)23-32)48(63)51-21-20-43(58)52-29-45(60)55(30-31(2)22-46(61)62)47-36-17-19-42(57)39(27-36)38-24-33(13-18-41(38)56)25-40(50(65)66)54-44(59)28-53-49(47)64/h12-19,23-24,26-27,31,38,40-41,47,56-57H,3-11,20-22,25,28-30H2,1-2H3,(H,51,63)(H,52,58)(H,53,64)(H,54,59)(H,61,62)(H,65,66)/t31?,38?,40-,41?,47-/m0/s1. The molecule has 4 bridgehead atoms. The summed E-state index contributed by atoms with van der Waals surface area (Å²) in [5.41, 5.74) is 2.40. The first-order valence-corrected chi connectivity index (χ1v) is 22.9. The number of aryl methyl sites for hydroxylation is 1. The van der Waals surface area contributed by atoms with Gasteiger partial charge in [0.2, 0.25) is 23.6 Å². The van der Waals surface area contributed by atoms with Crippen molar-refractivity contribution < 1.29 is 54.0 Å². The Hall–Kier alpha value is -6.55. The van der Waals surface area contributed by atoms with Crippen molar-refractivity contribution in [2.45, 2.75) is 115 Å². The maximum Gasteiger partial charge on any atom is 0.326 e. The minimum Gasteiger partial charge on any atom is -0.508 e.